The Morgan fingerprint density at radius 3 is 2.57 bits per heavy atom. The molecule has 0 spiro atoms. The van der Waals surface area contributed by atoms with E-state index in [4.69, 9.17) is 16.3 Å². The molecule has 1 aromatic heterocycles. The maximum Gasteiger partial charge on any atom is 0.416 e. The van der Waals surface area contributed by atoms with Crippen molar-refractivity contribution in [3.05, 3.63) is 91.1 Å². The highest BCUT2D eigenvalue weighted by atomic mass is 35.5. The van der Waals surface area contributed by atoms with Gasteiger partial charge >= 0.3 is 11.9 Å². The van der Waals surface area contributed by atoms with E-state index < -0.39 is 23.0 Å². The summed E-state index contributed by atoms with van der Waals surface area (Å²) < 4.78 is 48.0. The van der Waals surface area contributed by atoms with Crippen LogP contribution in [0.2, 0.25) is 5.02 Å². The molecule has 7 nitrogen and oxygen atoms in total. The number of rotatable bonds is 6. The molecule has 1 aliphatic rings. The standard InChI is InChI=1S/C26H25ClF3N3O4/c1-32-24(35)21-12-9-17(8-5-16-6-10-19(27)11-7-16)23(31-22(21)33(13-14-34)25(32)36)37-20-4-2-3-18(15-20)26(28,29)30/h2-4,6-7,10-11,15,17,34H,5,8-9,12-14H2,1H3. The molecule has 0 fully saturated rings. The van der Waals surface area contributed by atoms with Crippen LogP contribution in [0.3, 0.4) is 0 Å². The molecular formula is C26H25ClF3N3O4. The van der Waals surface area contributed by atoms with Crippen molar-refractivity contribution in [1.29, 1.82) is 0 Å². The summed E-state index contributed by atoms with van der Waals surface area (Å²) in [5.41, 5.74) is -0.745. The molecule has 1 N–H and O–H groups in total. The van der Waals surface area contributed by atoms with Gasteiger partial charge in [-0.3, -0.25) is 13.9 Å². The molecule has 196 valence electrons. The van der Waals surface area contributed by atoms with E-state index in [0.29, 0.717) is 24.3 Å². The Morgan fingerprint density at radius 2 is 1.89 bits per heavy atom. The zero-order valence-corrected chi connectivity index (χ0v) is 20.7. The first kappa shape index (κ1) is 26.7. The van der Waals surface area contributed by atoms with Gasteiger partial charge in [-0.1, -0.05) is 29.8 Å². The zero-order valence-electron chi connectivity index (χ0n) is 20.0. The third kappa shape index (κ3) is 5.97. The number of fused-ring (bicyclic) bond motifs is 1. The molecule has 11 heteroatoms. The van der Waals surface area contributed by atoms with Crippen LogP contribution < -0.4 is 16.0 Å². The molecule has 37 heavy (non-hydrogen) atoms. The molecule has 0 saturated carbocycles. The predicted molar refractivity (Wildman–Crippen MR) is 134 cm³/mol. The number of alkyl halides is 3. The van der Waals surface area contributed by atoms with E-state index in [-0.39, 0.29) is 48.5 Å². The highest BCUT2D eigenvalue weighted by Crippen LogP contribution is 2.33. The van der Waals surface area contributed by atoms with Gasteiger partial charge in [0.2, 0.25) is 0 Å². The fourth-order valence-electron chi connectivity index (χ4n) is 4.33. The second-order valence-electron chi connectivity index (χ2n) is 8.80. The Labute approximate surface area is 215 Å². The van der Waals surface area contributed by atoms with E-state index in [1.807, 2.05) is 12.1 Å². The molecule has 0 aliphatic carbocycles. The number of aliphatic imine (C=N–C) groups is 1. The summed E-state index contributed by atoms with van der Waals surface area (Å²) in [4.78, 5) is 30.2. The van der Waals surface area contributed by atoms with Gasteiger partial charge in [0.05, 0.1) is 24.3 Å². The Hall–Kier alpha value is -3.37. The van der Waals surface area contributed by atoms with Gasteiger partial charge in [0.1, 0.15) is 11.6 Å². The summed E-state index contributed by atoms with van der Waals surface area (Å²) in [6.45, 7) is -0.477. The highest BCUT2D eigenvalue weighted by Gasteiger charge is 2.32. The lowest BCUT2D eigenvalue weighted by Crippen LogP contribution is -2.40. The van der Waals surface area contributed by atoms with E-state index in [1.165, 1.54) is 23.7 Å². The first-order valence-electron chi connectivity index (χ1n) is 11.7. The minimum absolute atomic E-state index is 0.0538. The molecule has 2 heterocycles. The predicted octanol–water partition coefficient (Wildman–Crippen LogP) is 4.52. The lowest BCUT2D eigenvalue weighted by atomic mass is 9.94. The summed E-state index contributed by atoms with van der Waals surface area (Å²) in [5, 5.41) is 10.1. The molecule has 0 bridgehead atoms. The summed E-state index contributed by atoms with van der Waals surface area (Å²) in [5.74, 6) is -0.266. The van der Waals surface area contributed by atoms with Crippen molar-refractivity contribution in [2.45, 2.75) is 38.4 Å². The second kappa shape index (κ2) is 10.9. The normalized spacial score (nSPS) is 15.6. The fraction of sp³-hybridized carbons (Fsp3) is 0.346. The van der Waals surface area contributed by atoms with Crippen LogP contribution in [-0.4, -0.2) is 26.7 Å². The maximum absolute atomic E-state index is 13.3. The van der Waals surface area contributed by atoms with Crippen LogP contribution in [0, 0.1) is 5.92 Å². The molecule has 0 saturated heterocycles. The number of benzene rings is 2. The summed E-state index contributed by atoms with van der Waals surface area (Å²) in [6.07, 6.45) is -2.73. The molecule has 0 amide bonds. The van der Waals surface area contributed by atoms with Crippen LogP contribution in [0.25, 0.3) is 0 Å². The number of halogens is 4. The van der Waals surface area contributed by atoms with Crippen molar-refractivity contribution in [3.8, 4) is 5.75 Å². The molecule has 2 aromatic carbocycles. The number of hydrogen-bond donors (Lipinski definition) is 1. The van der Waals surface area contributed by atoms with Crippen molar-refractivity contribution in [1.82, 2.24) is 9.13 Å². The smallest absolute Gasteiger partial charge is 0.416 e. The molecule has 1 atom stereocenters. The number of aryl methyl sites for hydroxylation is 1. The van der Waals surface area contributed by atoms with Crippen LogP contribution in [0.4, 0.5) is 19.0 Å². The Kier molecular flexibility index (Phi) is 7.89. The third-order valence-corrected chi connectivity index (χ3v) is 6.57. The van der Waals surface area contributed by atoms with Gasteiger partial charge < -0.3 is 9.84 Å². The third-order valence-electron chi connectivity index (χ3n) is 6.32. The SMILES string of the molecule is Cn1c(=O)c2c(n(CCO)c1=O)N=C(Oc1cccc(C(F)(F)F)c1)C(CCc1ccc(Cl)cc1)CC2. The summed E-state index contributed by atoms with van der Waals surface area (Å²) >= 11 is 5.98. The van der Waals surface area contributed by atoms with Gasteiger partial charge in [-0.15, -0.1) is 0 Å². The topological polar surface area (TPSA) is 85.8 Å². The zero-order chi connectivity index (χ0) is 26.7. The average Bonchev–Trinajstić information content (AvgIpc) is 3.04. The Morgan fingerprint density at radius 1 is 1.16 bits per heavy atom. The number of aliphatic hydroxyl groups excluding tert-OH is 1. The lowest BCUT2D eigenvalue weighted by molar-refractivity contribution is -0.137. The van der Waals surface area contributed by atoms with Gasteiger partial charge in [0.25, 0.3) is 5.56 Å². The van der Waals surface area contributed by atoms with E-state index in [9.17, 15) is 27.9 Å². The quantitative estimate of drug-likeness (QED) is 0.503. The largest absolute Gasteiger partial charge is 0.443 e. The number of hydrogen-bond acceptors (Lipinski definition) is 5. The van der Waals surface area contributed by atoms with Crippen molar-refractivity contribution in [2.24, 2.45) is 18.0 Å². The maximum atomic E-state index is 13.3. The van der Waals surface area contributed by atoms with Crippen LogP contribution in [-0.2, 0) is 32.6 Å². The Bertz CT molecular complexity index is 1430. The van der Waals surface area contributed by atoms with Crippen molar-refractivity contribution in [2.75, 3.05) is 6.61 Å². The molecule has 1 aliphatic heterocycles. The fourth-order valence-corrected chi connectivity index (χ4v) is 4.45. The minimum atomic E-state index is -4.56. The van der Waals surface area contributed by atoms with Gasteiger partial charge in [0.15, 0.2) is 5.90 Å². The molecule has 1 unspecified atom stereocenters. The second-order valence-corrected chi connectivity index (χ2v) is 9.24. The van der Waals surface area contributed by atoms with Crippen LogP contribution >= 0.6 is 11.6 Å². The van der Waals surface area contributed by atoms with Gasteiger partial charge in [-0.2, -0.15) is 18.2 Å². The van der Waals surface area contributed by atoms with Gasteiger partial charge in [-0.25, -0.2) is 4.79 Å². The van der Waals surface area contributed by atoms with Crippen molar-refractivity contribution >= 4 is 23.3 Å². The van der Waals surface area contributed by atoms with E-state index >= 15 is 0 Å². The first-order chi connectivity index (χ1) is 17.6. The number of aromatic nitrogens is 2. The molecule has 4 rings (SSSR count). The van der Waals surface area contributed by atoms with Crippen molar-refractivity contribution < 1.29 is 23.0 Å². The van der Waals surface area contributed by atoms with Crippen LogP contribution in [0.1, 0.15) is 29.5 Å². The average molecular weight is 536 g/mol. The van der Waals surface area contributed by atoms with E-state index in [0.717, 1.165) is 22.3 Å². The van der Waals surface area contributed by atoms with Crippen LogP contribution in [0.15, 0.2) is 63.1 Å². The number of nitrogens with zero attached hydrogens (tertiary/aromatic N) is 3. The molecular weight excluding hydrogens is 511 g/mol. The Balaban J connectivity index is 1.78. The first-order valence-corrected chi connectivity index (χ1v) is 12.1. The number of aliphatic hydroxyl groups is 1. The minimum Gasteiger partial charge on any atom is -0.443 e. The molecule has 0 radical (unpaired) electrons. The number of ether oxygens (including phenoxy) is 1. The summed E-state index contributed by atoms with van der Waals surface area (Å²) in [6, 6.07) is 11.8. The monoisotopic (exact) mass is 535 g/mol. The lowest BCUT2D eigenvalue weighted by Gasteiger charge is -2.19. The van der Waals surface area contributed by atoms with Gasteiger partial charge in [0, 0.05) is 18.0 Å². The van der Waals surface area contributed by atoms with Gasteiger partial charge in [-0.05, 0) is 61.6 Å². The van der Waals surface area contributed by atoms with E-state index in [2.05, 4.69) is 4.99 Å². The highest BCUT2D eigenvalue weighted by molar-refractivity contribution is 6.30. The van der Waals surface area contributed by atoms with E-state index in [1.54, 1.807) is 12.1 Å². The van der Waals surface area contributed by atoms with Crippen LogP contribution in [0.5, 0.6) is 5.75 Å². The van der Waals surface area contributed by atoms with Crippen molar-refractivity contribution in [3.63, 3.8) is 0 Å². The molecule has 3 aromatic rings. The summed E-state index contributed by atoms with van der Waals surface area (Å²) in [7, 11) is 1.35.